The molecule has 0 aromatic heterocycles. The Labute approximate surface area is 182 Å². The summed E-state index contributed by atoms with van der Waals surface area (Å²) in [5.74, 6) is 1.81. The van der Waals surface area contributed by atoms with E-state index >= 15 is 0 Å². The number of likely N-dealkylation sites (tertiary alicyclic amines) is 2. The minimum absolute atomic E-state index is 0.0173. The van der Waals surface area contributed by atoms with Crippen LogP contribution in [-0.2, 0) is 4.79 Å². The summed E-state index contributed by atoms with van der Waals surface area (Å²) < 4.78 is 13.3. The normalized spacial score (nSPS) is 19.4. The fourth-order valence-electron chi connectivity index (χ4n) is 4.75. The molecule has 30 heavy (non-hydrogen) atoms. The molecule has 0 spiro atoms. The van der Waals surface area contributed by atoms with Crippen molar-refractivity contribution in [3.05, 3.63) is 29.8 Å². The third kappa shape index (κ3) is 5.75. The van der Waals surface area contributed by atoms with Gasteiger partial charge >= 0.3 is 0 Å². The molecule has 0 atom stereocenters. The number of rotatable bonds is 7. The Morgan fingerprint density at radius 3 is 2.30 bits per heavy atom. The van der Waals surface area contributed by atoms with E-state index in [4.69, 9.17) is 6.11 Å². The van der Waals surface area contributed by atoms with Crippen molar-refractivity contribution in [1.82, 2.24) is 14.7 Å². The van der Waals surface area contributed by atoms with Crippen LogP contribution in [0.5, 0.6) is 5.75 Å². The average molecular weight is 417 g/mol. The van der Waals surface area contributed by atoms with Gasteiger partial charge in [-0.2, -0.15) is 0 Å². The van der Waals surface area contributed by atoms with E-state index in [2.05, 4.69) is 11.9 Å². The maximum atomic E-state index is 13.0. The number of hydrogen-bond acceptors (Lipinski definition) is 4. The van der Waals surface area contributed by atoms with Crippen LogP contribution in [0.25, 0.3) is 0 Å². The van der Waals surface area contributed by atoms with E-state index in [1.807, 2.05) is 11.8 Å². The zero-order valence-corrected chi connectivity index (χ0v) is 18.7. The van der Waals surface area contributed by atoms with E-state index < -0.39 is 0 Å². The van der Waals surface area contributed by atoms with Crippen LogP contribution in [0.4, 0.5) is 0 Å². The van der Waals surface area contributed by atoms with Gasteiger partial charge in [-0.05, 0) is 88.3 Å². The number of piperidine rings is 2. The summed E-state index contributed by atoms with van der Waals surface area (Å²) >= 11 is 0. The summed E-state index contributed by atoms with van der Waals surface area (Å²) in [4.78, 5) is 32.0. The van der Waals surface area contributed by atoms with E-state index in [1.165, 1.54) is 39.1 Å². The maximum Gasteiger partial charge on any atom is 0.254 e. The van der Waals surface area contributed by atoms with Crippen molar-refractivity contribution >= 4 is 11.8 Å². The molecule has 2 saturated heterocycles. The molecule has 0 aliphatic carbocycles. The van der Waals surface area contributed by atoms with E-state index in [-0.39, 0.29) is 24.4 Å². The van der Waals surface area contributed by atoms with Crippen molar-refractivity contribution in [1.29, 1.82) is 0 Å². The first-order valence-corrected chi connectivity index (χ1v) is 11.3. The standard InChI is InChI=1S/C24H37N3O3/c1-4-13-27(24(29)21-5-7-22(30-3)8-6-21)18-23(28)26-16-11-20(12-17-26)19-9-14-25(2)15-10-19/h5-8,19-20H,4,9-18H2,1-3H3/i5D. The molecule has 166 valence electrons. The van der Waals surface area contributed by atoms with Gasteiger partial charge in [-0.15, -0.1) is 0 Å². The summed E-state index contributed by atoms with van der Waals surface area (Å²) in [5, 5.41) is 0. The lowest BCUT2D eigenvalue weighted by atomic mass is 9.79. The molecule has 0 unspecified atom stereocenters. The lowest BCUT2D eigenvalue weighted by Gasteiger charge is -2.39. The van der Waals surface area contributed by atoms with Gasteiger partial charge in [-0.3, -0.25) is 9.59 Å². The Morgan fingerprint density at radius 2 is 1.73 bits per heavy atom. The fraction of sp³-hybridized carbons (Fsp3) is 0.667. The monoisotopic (exact) mass is 416 g/mol. The highest BCUT2D eigenvalue weighted by molar-refractivity contribution is 5.96. The predicted molar refractivity (Wildman–Crippen MR) is 119 cm³/mol. The molecule has 6 nitrogen and oxygen atoms in total. The third-order valence-electron chi connectivity index (χ3n) is 6.68. The highest BCUT2D eigenvalue weighted by atomic mass is 16.5. The van der Waals surface area contributed by atoms with Gasteiger partial charge in [0.1, 0.15) is 12.3 Å². The first-order valence-electron chi connectivity index (χ1n) is 11.8. The number of benzene rings is 1. The van der Waals surface area contributed by atoms with Gasteiger partial charge in [0.05, 0.1) is 8.48 Å². The van der Waals surface area contributed by atoms with Crippen LogP contribution in [0, 0.1) is 11.8 Å². The van der Waals surface area contributed by atoms with Crippen LogP contribution in [-0.4, -0.2) is 79.9 Å². The van der Waals surface area contributed by atoms with Crippen molar-refractivity contribution < 1.29 is 15.7 Å². The van der Waals surface area contributed by atoms with E-state index in [9.17, 15) is 9.59 Å². The second-order valence-corrected chi connectivity index (χ2v) is 8.73. The van der Waals surface area contributed by atoms with Crippen molar-refractivity contribution in [2.24, 2.45) is 11.8 Å². The Hall–Kier alpha value is -2.08. The second kappa shape index (κ2) is 10.8. The Kier molecular flexibility index (Phi) is 7.62. The largest absolute Gasteiger partial charge is 0.497 e. The molecule has 2 amide bonds. The highest BCUT2D eigenvalue weighted by Crippen LogP contribution is 2.32. The fourth-order valence-corrected chi connectivity index (χ4v) is 4.75. The van der Waals surface area contributed by atoms with Gasteiger partial charge in [-0.25, -0.2) is 0 Å². The van der Waals surface area contributed by atoms with Crippen molar-refractivity contribution in [3.63, 3.8) is 0 Å². The maximum absolute atomic E-state index is 13.0. The molecule has 1 aromatic rings. The summed E-state index contributed by atoms with van der Waals surface area (Å²) in [6.45, 7) is 6.52. The van der Waals surface area contributed by atoms with Crippen LogP contribution >= 0.6 is 0 Å². The lowest BCUT2D eigenvalue weighted by molar-refractivity contribution is -0.133. The Balaban J connectivity index is 1.56. The van der Waals surface area contributed by atoms with Gasteiger partial charge < -0.3 is 19.4 Å². The van der Waals surface area contributed by atoms with Gasteiger partial charge in [0.15, 0.2) is 0 Å². The minimum atomic E-state index is -0.260. The molecule has 1 aromatic carbocycles. The second-order valence-electron chi connectivity index (χ2n) is 8.73. The molecule has 0 bridgehead atoms. The van der Waals surface area contributed by atoms with Crippen LogP contribution in [0.1, 0.15) is 50.8 Å². The number of amides is 2. The summed E-state index contributed by atoms with van der Waals surface area (Å²) in [5.41, 5.74) is 0.308. The smallest absolute Gasteiger partial charge is 0.254 e. The number of ether oxygens (including phenoxy) is 1. The summed E-state index contributed by atoms with van der Waals surface area (Å²) in [7, 11) is 3.73. The van der Waals surface area contributed by atoms with Crippen molar-refractivity contribution in [2.75, 3.05) is 53.4 Å². The highest BCUT2D eigenvalue weighted by Gasteiger charge is 2.31. The molecule has 2 aliphatic rings. The quantitative estimate of drug-likeness (QED) is 0.685. The van der Waals surface area contributed by atoms with Gasteiger partial charge in [0.25, 0.3) is 5.91 Å². The van der Waals surface area contributed by atoms with E-state index in [0.29, 0.717) is 17.9 Å². The summed E-state index contributed by atoms with van der Waals surface area (Å²) in [6.07, 6.45) is 5.44. The number of nitrogens with zero attached hydrogens (tertiary/aromatic N) is 3. The SMILES string of the molecule is [2H]c1cc(OC)ccc1C(=O)N(CCC)CC(=O)N1CCC(C2CCN(C)CC2)CC1. The summed E-state index contributed by atoms with van der Waals surface area (Å²) in [6, 6.07) is 4.96. The van der Waals surface area contributed by atoms with Crippen molar-refractivity contribution in [3.8, 4) is 5.75 Å². The van der Waals surface area contributed by atoms with Crippen LogP contribution in [0.3, 0.4) is 0 Å². The molecule has 6 heteroatoms. The zero-order valence-electron chi connectivity index (χ0n) is 19.7. The first kappa shape index (κ1) is 21.2. The Morgan fingerprint density at radius 1 is 1.10 bits per heavy atom. The molecule has 0 saturated carbocycles. The lowest BCUT2D eigenvalue weighted by Crippen LogP contribution is -2.47. The topological polar surface area (TPSA) is 53.1 Å². The van der Waals surface area contributed by atoms with E-state index in [0.717, 1.165) is 44.2 Å². The molecular weight excluding hydrogens is 378 g/mol. The Bertz CT molecular complexity index is 756. The van der Waals surface area contributed by atoms with Crippen LogP contribution in [0.15, 0.2) is 24.2 Å². The number of carbonyl (C=O) groups is 2. The number of hydrogen-bond donors (Lipinski definition) is 0. The third-order valence-corrected chi connectivity index (χ3v) is 6.68. The molecule has 0 N–H and O–H groups in total. The minimum Gasteiger partial charge on any atom is -0.497 e. The first-order chi connectivity index (χ1) is 14.9. The number of methoxy groups -OCH3 is 1. The zero-order chi connectivity index (χ0) is 22.4. The molecule has 0 radical (unpaired) electrons. The molecule has 2 aliphatic heterocycles. The van der Waals surface area contributed by atoms with Crippen molar-refractivity contribution in [2.45, 2.75) is 39.0 Å². The van der Waals surface area contributed by atoms with E-state index in [1.54, 1.807) is 17.0 Å². The molecule has 2 heterocycles. The number of carbonyl (C=O) groups excluding carboxylic acids is 2. The molecular formula is C24H37N3O3. The predicted octanol–water partition coefficient (Wildman–Crippen LogP) is 3.13. The molecule has 3 rings (SSSR count). The van der Waals surface area contributed by atoms with Gasteiger partial charge in [0.2, 0.25) is 5.91 Å². The molecule has 2 fully saturated rings. The van der Waals surface area contributed by atoms with Gasteiger partial charge in [0, 0.05) is 25.2 Å². The van der Waals surface area contributed by atoms with Crippen LogP contribution in [0.2, 0.25) is 0 Å². The van der Waals surface area contributed by atoms with Gasteiger partial charge in [-0.1, -0.05) is 6.92 Å². The average Bonchev–Trinajstić information content (AvgIpc) is 2.78. The van der Waals surface area contributed by atoms with Crippen LogP contribution < -0.4 is 4.74 Å².